The van der Waals surface area contributed by atoms with Gasteiger partial charge in [0.15, 0.2) is 0 Å². The van der Waals surface area contributed by atoms with E-state index in [0.29, 0.717) is 19.0 Å². The molecular formula is C15H24N2O2S. The van der Waals surface area contributed by atoms with Gasteiger partial charge in [-0.3, -0.25) is 0 Å². The lowest BCUT2D eigenvalue weighted by molar-refractivity contribution is 0.114. The van der Waals surface area contributed by atoms with Crippen LogP contribution in [0.25, 0.3) is 0 Å². The molecule has 0 radical (unpaired) electrons. The van der Waals surface area contributed by atoms with E-state index in [-0.39, 0.29) is 18.1 Å². The molecule has 1 saturated carbocycles. The molecule has 2 amide bonds. The van der Waals surface area contributed by atoms with E-state index < -0.39 is 0 Å². The van der Waals surface area contributed by atoms with Crippen LogP contribution in [-0.2, 0) is 0 Å². The van der Waals surface area contributed by atoms with Crippen molar-refractivity contribution in [2.75, 3.05) is 20.1 Å². The lowest BCUT2D eigenvalue weighted by atomic mass is 10.1. The molecule has 0 bridgehead atoms. The zero-order chi connectivity index (χ0) is 14.5. The highest BCUT2D eigenvalue weighted by Gasteiger charge is 2.27. The molecule has 20 heavy (non-hydrogen) atoms. The normalized spacial score (nSPS) is 23.6. The molecule has 1 aromatic rings. The molecule has 4 nitrogen and oxygen atoms in total. The minimum atomic E-state index is -0.240. The summed E-state index contributed by atoms with van der Waals surface area (Å²) >= 11 is 1.72. The van der Waals surface area contributed by atoms with Crippen LogP contribution in [-0.4, -0.2) is 42.3 Å². The number of rotatable bonds is 5. The zero-order valence-corrected chi connectivity index (χ0v) is 13.0. The Morgan fingerprint density at radius 1 is 1.60 bits per heavy atom. The second-order valence-corrected chi connectivity index (χ2v) is 6.72. The maximum absolute atomic E-state index is 12.0. The van der Waals surface area contributed by atoms with E-state index in [1.54, 1.807) is 23.3 Å². The number of carbonyl (C=O) groups is 1. The number of amides is 2. The van der Waals surface area contributed by atoms with Gasteiger partial charge in [0.1, 0.15) is 0 Å². The van der Waals surface area contributed by atoms with Crippen molar-refractivity contribution in [1.82, 2.24) is 10.2 Å². The molecule has 1 aliphatic rings. The van der Waals surface area contributed by atoms with Crippen LogP contribution in [0.15, 0.2) is 17.5 Å². The number of aliphatic hydroxyl groups excluding tert-OH is 1. The van der Waals surface area contributed by atoms with Gasteiger partial charge in [-0.05, 0) is 24.3 Å². The van der Waals surface area contributed by atoms with Crippen molar-refractivity contribution in [3.63, 3.8) is 0 Å². The molecule has 1 fully saturated rings. The quantitative estimate of drug-likeness (QED) is 0.877. The van der Waals surface area contributed by atoms with Gasteiger partial charge in [0, 0.05) is 36.9 Å². The SMILES string of the molecule is CC(CNC(=O)N(C)CC1CCCC1O)c1cccs1. The molecule has 2 rings (SSSR count). The fourth-order valence-corrected chi connectivity index (χ4v) is 3.50. The molecule has 2 N–H and O–H groups in total. The number of aliphatic hydroxyl groups is 1. The van der Waals surface area contributed by atoms with Crippen LogP contribution < -0.4 is 5.32 Å². The summed E-state index contributed by atoms with van der Waals surface area (Å²) < 4.78 is 0. The van der Waals surface area contributed by atoms with Gasteiger partial charge in [-0.15, -0.1) is 11.3 Å². The summed E-state index contributed by atoms with van der Waals surface area (Å²) in [5.41, 5.74) is 0. The summed E-state index contributed by atoms with van der Waals surface area (Å²) in [6, 6.07) is 4.08. The molecule has 3 unspecified atom stereocenters. The summed E-state index contributed by atoms with van der Waals surface area (Å²) in [4.78, 5) is 15.0. The van der Waals surface area contributed by atoms with Gasteiger partial charge in [-0.25, -0.2) is 4.79 Å². The van der Waals surface area contributed by atoms with Gasteiger partial charge in [0.05, 0.1) is 6.10 Å². The van der Waals surface area contributed by atoms with Crippen molar-refractivity contribution in [1.29, 1.82) is 0 Å². The van der Waals surface area contributed by atoms with Gasteiger partial charge in [0.2, 0.25) is 0 Å². The summed E-state index contributed by atoms with van der Waals surface area (Å²) in [5.74, 6) is 0.574. The Kier molecular flexibility index (Phi) is 5.43. The van der Waals surface area contributed by atoms with Crippen molar-refractivity contribution in [2.45, 2.75) is 38.2 Å². The number of urea groups is 1. The third-order valence-corrected chi connectivity index (χ3v) is 5.17. The Morgan fingerprint density at radius 2 is 2.40 bits per heavy atom. The van der Waals surface area contributed by atoms with E-state index in [1.807, 2.05) is 6.07 Å². The molecule has 1 aliphatic carbocycles. The summed E-state index contributed by atoms with van der Waals surface area (Å²) in [6.07, 6.45) is 2.71. The van der Waals surface area contributed by atoms with E-state index in [1.165, 1.54) is 4.88 Å². The Bertz CT molecular complexity index is 422. The fraction of sp³-hybridized carbons (Fsp3) is 0.667. The zero-order valence-electron chi connectivity index (χ0n) is 12.2. The molecule has 0 spiro atoms. The fourth-order valence-electron chi connectivity index (χ4n) is 2.71. The molecular weight excluding hydrogens is 272 g/mol. The Balaban J connectivity index is 1.73. The summed E-state index contributed by atoms with van der Waals surface area (Å²) in [5, 5.41) is 14.8. The van der Waals surface area contributed by atoms with E-state index in [2.05, 4.69) is 23.7 Å². The van der Waals surface area contributed by atoms with Gasteiger partial charge in [0.25, 0.3) is 0 Å². The van der Waals surface area contributed by atoms with E-state index in [0.717, 1.165) is 19.3 Å². The van der Waals surface area contributed by atoms with Crippen LogP contribution in [0.2, 0.25) is 0 Å². The second kappa shape index (κ2) is 7.09. The average molecular weight is 296 g/mol. The van der Waals surface area contributed by atoms with Gasteiger partial charge >= 0.3 is 6.03 Å². The first kappa shape index (κ1) is 15.3. The first-order valence-electron chi connectivity index (χ1n) is 7.28. The average Bonchev–Trinajstić information content (AvgIpc) is 3.08. The minimum absolute atomic E-state index is 0.0486. The number of hydrogen-bond acceptors (Lipinski definition) is 3. The van der Waals surface area contributed by atoms with E-state index in [9.17, 15) is 9.90 Å². The maximum atomic E-state index is 12.0. The minimum Gasteiger partial charge on any atom is -0.393 e. The predicted octanol–water partition coefficient (Wildman–Crippen LogP) is 2.65. The molecule has 0 aromatic carbocycles. The highest BCUT2D eigenvalue weighted by Crippen LogP contribution is 2.26. The van der Waals surface area contributed by atoms with Crippen molar-refractivity contribution in [3.8, 4) is 0 Å². The largest absolute Gasteiger partial charge is 0.393 e. The lowest BCUT2D eigenvalue weighted by Gasteiger charge is -2.24. The van der Waals surface area contributed by atoms with Gasteiger partial charge in [-0.2, -0.15) is 0 Å². The summed E-state index contributed by atoms with van der Waals surface area (Å²) in [6.45, 7) is 3.41. The van der Waals surface area contributed by atoms with Gasteiger partial charge in [-0.1, -0.05) is 19.4 Å². The van der Waals surface area contributed by atoms with Crippen LogP contribution in [0, 0.1) is 5.92 Å². The molecule has 0 saturated heterocycles. The Labute approximate surface area is 124 Å². The van der Waals surface area contributed by atoms with Crippen LogP contribution in [0.3, 0.4) is 0 Å². The molecule has 5 heteroatoms. The van der Waals surface area contributed by atoms with Crippen LogP contribution in [0.1, 0.15) is 37.0 Å². The van der Waals surface area contributed by atoms with Crippen molar-refractivity contribution in [2.24, 2.45) is 5.92 Å². The third-order valence-electron chi connectivity index (χ3n) is 4.06. The second-order valence-electron chi connectivity index (χ2n) is 5.74. The number of nitrogens with zero attached hydrogens (tertiary/aromatic N) is 1. The monoisotopic (exact) mass is 296 g/mol. The lowest BCUT2D eigenvalue weighted by Crippen LogP contribution is -2.42. The first-order valence-corrected chi connectivity index (χ1v) is 8.16. The number of nitrogens with one attached hydrogen (secondary N) is 1. The Hall–Kier alpha value is -1.07. The maximum Gasteiger partial charge on any atom is 0.317 e. The smallest absolute Gasteiger partial charge is 0.317 e. The molecule has 1 heterocycles. The van der Waals surface area contributed by atoms with Crippen molar-refractivity contribution < 1.29 is 9.90 Å². The highest BCUT2D eigenvalue weighted by atomic mass is 32.1. The number of carbonyl (C=O) groups excluding carboxylic acids is 1. The highest BCUT2D eigenvalue weighted by molar-refractivity contribution is 7.10. The third kappa shape index (κ3) is 3.96. The van der Waals surface area contributed by atoms with Crippen molar-refractivity contribution >= 4 is 17.4 Å². The van der Waals surface area contributed by atoms with E-state index in [4.69, 9.17) is 0 Å². The van der Waals surface area contributed by atoms with Crippen LogP contribution >= 0.6 is 11.3 Å². The van der Waals surface area contributed by atoms with Gasteiger partial charge < -0.3 is 15.3 Å². The standard InChI is InChI=1S/C15H24N2O2S/c1-11(14-7-4-8-20-14)9-16-15(19)17(2)10-12-5-3-6-13(12)18/h4,7-8,11-13,18H,3,5-6,9-10H2,1-2H3,(H,16,19). The number of hydrogen-bond donors (Lipinski definition) is 2. The van der Waals surface area contributed by atoms with Crippen molar-refractivity contribution in [3.05, 3.63) is 22.4 Å². The Morgan fingerprint density at radius 3 is 3.00 bits per heavy atom. The molecule has 1 aromatic heterocycles. The molecule has 0 aliphatic heterocycles. The summed E-state index contributed by atoms with van der Waals surface area (Å²) in [7, 11) is 1.80. The first-order chi connectivity index (χ1) is 9.58. The number of thiophene rings is 1. The van der Waals surface area contributed by atoms with E-state index >= 15 is 0 Å². The van der Waals surface area contributed by atoms with Crippen LogP contribution in [0.5, 0.6) is 0 Å². The predicted molar refractivity (Wildman–Crippen MR) is 82.1 cm³/mol. The topological polar surface area (TPSA) is 52.6 Å². The molecule has 112 valence electrons. The van der Waals surface area contributed by atoms with Crippen LogP contribution in [0.4, 0.5) is 4.79 Å². The molecule has 3 atom stereocenters.